The quantitative estimate of drug-likeness (QED) is 0.614. The maximum atomic E-state index is 5.52. The van der Waals surface area contributed by atoms with Gasteiger partial charge in [-0.1, -0.05) is 39.5 Å². The monoisotopic (exact) mass is 198 g/mol. The Balaban J connectivity index is 2.41. The van der Waals surface area contributed by atoms with Crippen molar-refractivity contribution < 1.29 is 4.74 Å². The molecule has 1 nitrogen and oxygen atoms in total. The topological polar surface area (TPSA) is 9.23 Å². The first-order chi connectivity index (χ1) is 6.64. The Morgan fingerprint density at radius 1 is 0.929 bits per heavy atom. The molecule has 0 spiro atoms. The standard InChI is InChI=1S/C13H26O/c1-13(2)10-7-5-4-6-8-12(14-3)9-11-13/h12H,4-11H2,1-3H3. The maximum Gasteiger partial charge on any atom is 0.0571 e. The van der Waals surface area contributed by atoms with Gasteiger partial charge in [-0.15, -0.1) is 0 Å². The summed E-state index contributed by atoms with van der Waals surface area (Å²) in [6, 6.07) is 0. The second-order valence-electron chi connectivity index (χ2n) is 5.51. The SMILES string of the molecule is COC1CCCCCCC(C)(C)CC1. The third-order valence-electron chi connectivity index (χ3n) is 3.61. The van der Waals surface area contributed by atoms with Gasteiger partial charge in [-0.25, -0.2) is 0 Å². The smallest absolute Gasteiger partial charge is 0.0571 e. The second kappa shape index (κ2) is 5.75. The molecule has 1 saturated carbocycles. The van der Waals surface area contributed by atoms with Crippen LogP contribution in [-0.2, 0) is 4.74 Å². The molecule has 1 aliphatic carbocycles. The summed E-state index contributed by atoms with van der Waals surface area (Å²) in [7, 11) is 1.86. The van der Waals surface area contributed by atoms with E-state index in [1.54, 1.807) is 0 Å². The highest BCUT2D eigenvalue weighted by Gasteiger charge is 2.20. The molecule has 0 aliphatic heterocycles. The summed E-state index contributed by atoms with van der Waals surface area (Å²) >= 11 is 0. The molecule has 0 bridgehead atoms. The van der Waals surface area contributed by atoms with Gasteiger partial charge in [0.2, 0.25) is 0 Å². The lowest BCUT2D eigenvalue weighted by Crippen LogP contribution is -2.18. The minimum absolute atomic E-state index is 0.521. The van der Waals surface area contributed by atoms with Crippen LogP contribution in [0.1, 0.15) is 65.2 Å². The van der Waals surface area contributed by atoms with E-state index in [2.05, 4.69) is 13.8 Å². The van der Waals surface area contributed by atoms with Crippen LogP contribution in [0.25, 0.3) is 0 Å². The van der Waals surface area contributed by atoms with Gasteiger partial charge in [0.15, 0.2) is 0 Å². The minimum atomic E-state index is 0.521. The molecule has 1 aliphatic rings. The molecule has 0 aromatic rings. The molecule has 1 atom stereocenters. The molecule has 1 unspecified atom stereocenters. The van der Waals surface area contributed by atoms with E-state index >= 15 is 0 Å². The summed E-state index contributed by atoms with van der Waals surface area (Å²) in [5.41, 5.74) is 0.536. The summed E-state index contributed by atoms with van der Waals surface area (Å²) in [4.78, 5) is 0. The van der Waals surface area contributed by atoms with E-state index in [9.17, 15) is 0 Å². The van der Waals surface area contributed by atoms with E-state index < -0.39 is 0 Å². The third-order valence-corrected chi connectivity index (χ3v) is 3.61. The van der Waals surface area contributed by atoms with Crippen LogP contribution in [-0.4, -0.2) is 13.2 Å². The number of rotatable bonds is 1. The van der Waals surface area contributed by atoms with Crippen molar-refractivity contribution in [1.82, 2.24) is 0 Å². The van der Waals surface area contributed by atoms with Gasteiger partial charge in [0.25, 0.3) is 0 Å². The van der Waals surface area contributed by atoms with E-state index in [1.165, 1.54) is 51.4 Å². The van der Waals surface area contributed by atoms with Crippen LogP contribution < -0.4 is 0 Å². The van der Waals surface area contributed by atoms with E-state index in [4.69, 9.17) is 4.74 Å². The Labute approximate surface area is 89.2 Å². The van der Waals surface area contributed by atoms with E-state index in [0.29, 0.717) is 11.5 Å². The number of methoxy groups -OCH3 is 1. The van der Waals surface area contributed by atoms with Crippen LogP contribution in [0.3, 0.4) is 0 Å². The molecule has 84 valence electrons. The molecular weight excluding hydrogens is 172 g/mol. The Hall–Kier alpha value is -0.0400. The van der Waals surface area contributed by atoms with Crippen LogP contribution in [0.5, 0.6) is 0 Å². The Bertz CT molecular complexity index is 151. The van der Waals surface area contributed by atoms with Gasteiger partial charge in [-0.3, -0.25) is 0 Å². The Kier molecular flexibility index (Phi) is 4.94. The fourth-order valence-corrected chi connectivity index (χ4v) is 2.39. The predicted molar refractivity (Wildman–Crippen MR) is 61.5 cm³/mol. The fourth-order valence-electron chi connectivity index (χ4n) is 2.39. The van der Waals surface area contributed by atoms with Crippen molar-refractivity contribution in [3.63, 3.8) is 0 Å². The van der Waals surface area contributed by atoms with Gasteiger partial charge >= 0.3 is 0 Å². The lowest BCUT2D eigenvalue weighted by atomic mass is 9.80. The van der Waals surface area contributed by atoms with Crippen LogP contribution in [0, 0.1) is 5.41 Å². The molecule has 0 aromatic carbocycles. The summed E-state index contributed by atoms with van der Waals surface area (Å²) in [6.07, 6.45) is 11.4. The van der Waals surface area contributed by atoms with Gasteiger partial charge in [0.05, 0.1) is 6.10 Å². The van der Waals surface area contributed by atoms with E-state index in [0.717, 1.165) is 0 Å². The molecule has 1 fully saturated rings. The third kappa shape index (κ3) is 4.45. The van der Waals surface area contributed by atoms with Crippen molar-refractivity contribution in [2.24, 2.45) is 5.41 Å². The first kappa shape index (κ1) is 12.0. The average molecular weight is 198 g/mol. The number of hydrogen-bond acceptors (Lipinski definition) is 1. The summed E-state index contributed by atoms with van der Waals surface area (Å²) in [5.74, 6) is 0. The lowest BCUT2D eigenvalue weighted by molar-refractivity contribution is 0.0698. The molecule has 0 amide bonds. The number of hydrogen-bond donors (Lipinski definition) is 0. The van der Waals surface area contributed by atoms with Gasteiger partial charge < -0.3 is 4.74 Å². The molecule has 0 aromatic heterocycles. The lowest BCUT2D eigenvalue weighted by Gasteiger charge is -2.28. The van der Waals surface area contributed by atoms with Crippen LogP contribution in [0.2, 0.25) is 0 Å². The molecule has 0 heterocycles. The zero-order chi connectivity index (χ0) is 10.4. The van der Waals surface area contributed by atoms with Crippen molar-refractivity contribution in [2.75, 3.05) is 7.11 Å². The van der Waals surface area contributed by atoms with Gasteiger partial charge in [0.1, 0.15) is 0 Å². The molecule has 1 heteroatoms. The Morgan fingerprint density at radius 2 is 1.64 bits per heavy atom. The van der Waals surface area contributed by atoms with Crippen molar-refractivity contribution in [3.05, 3.63) is 0 Å². The Morgan fingerprint density at radius 3 is 2.36 bits per heavy atom. The van der Waals surface area contributed by atoms with Gasteiger partial charge in [-0.05, 0) is 31.1 Å². The number of ether oxygens (including phenoxy) is 1. The second-order valence-corrected chi connectivity index (χ2v) is 5.51. The van der Waals surface area contributed by atoms with Crippen molar-refractivity contribution in [1.29, 1.82) is 0 Å². The minimum Gasteiger partial charge on any atom is -0.381 e. The van der Waals surface area contributed by atoms with E-state index in [-0.39, 0.29) is 0 Å². The van der Waals surface area contributed by atoms with Crippen LogP contribution in [0.15, 0.2) is 0 Å². The van der Waals surface area contributed by atoms with Crippen LogP contribution >= 0.6 is 0 Å². The zero-order valence-corrected chi connectivity index (χ0v) is 10.1. The van der Waals surface area contributed by atoms with Gasteiger partial charge in [0, 0.05) is 7.11 Å². The van der Waals surface area contributed by atoms with Crippen LogP contribution in [0.4, 0.5) is 0 Å². The predicted octanol–water partition coefficient (Wildman–Crippen LogP) is 4.16. The highest BCUT2D eigenvalue weighted by Crippen LogP contribution is 2.32. The first-order valence-electron chi connectivity index (χ1n) is 6.17. The maximum absolute atomic E-state index is 5.52. The molecule has 14 heavy (non-hydrogen) atoms. The fraction of sp³-hybridized carbons (Fsp3) is 1.00. The summed E-state index contributed by atoms with van der Waals surface area (Å²) in [6.45, 7) is 4.81. The zero-order valence-electron chi connectivity index (χ0n) is 10.1. The largest absolute Gasteiger partial charge is 0.381 e. The molecule has 0 radical (unpaired) electrons. The average Bonchev–Trinajstić information content (AvgIpc) is 2.15. The molecular formula is C13H26O. The van der Waals surface area contributed by atoms with Gasteiger partial charge in [-0.2, -0.15) is 0 Å². The summed E-state index contributed by atoms with van der Waals surface area (Å²) < 4.78 is 5.52. The highest BCUT2D eigenvalue weighted by atomic mass is 16.5. The van der Waals surface area contributed by atoms with Crippen molar-refractivity contribution in [3.8, 4) is 0 Å². The molecule has 1 rings (SSSR count). The summed E-state index contributed by atoms with van der Waals surface area (Å²) in [5, 5.41) is 0. The van der Waals surface area contributed by atoms with Crippen molar-refractivity contribution in [2.45, 2.75) is 71.3 Å². The molecule has 0 N–H and O–H groups in total. The molecule has 0 saturated heterocycles. The van der Waals surface area contributed by atoms with E-state index in [1.807, 2.05) is 7.11 Å². The normalized spacial score (nSPS) is 29.8. The van der Waals surface area contributed by atoms with Crippen molar-refractivity contribution >= 4 is 0 Å². The first-order valence-corrected chi connectivity index (χ1v) is 6.17. The highest BCUT2D eigenvalue weighted by molar-refractivity contribution is 4.73.